The summed E-state index contributed by atoms with van der Waals surface area (Å²) in [5.74, 6) is 0.0381. The van der Waals surface area contributed by atoms with Crippen LogP contribution >= 0.6 is 0 Å². The molecule has 0 saturated heterocycles. The number of hydrogen-bond acceptors (Lipinski definition) is 2. The second kappa shape index (κ2) is 7.04. The third kappa shape index (κ3) is 3.92. The zero-order valence-electron chi connectivity index (χ0n) is 12.9. The molecule has 21 heavy (non-hydrogen) atoms. The summed E-state index contributed by atoms with van der Waals surface area (Å²) in [5.41, 5.74) is 1.65. The minimum atomic E-state index is 0.0381. The highest BCUT2D eigenvalue weighted by atomic mass is 16.2. The van der Waals surface area contributed by atoms with Gasteiger partial charge in [0.15, 0.2) is 0 Å². The van der Waals surface area contributed by atoms with E-state index in [0.717, 1.165) is 12.2 Å². The maximum Gasteiger partial charge on any atom is 0.258 e. The van der Waals surface area contributed by atoms with E-state index < -0.39 is 0 Å². The smallest absolute Gasteiger partial charge is 0.258 e. The molecule has 0 heterocycles. The van der Waals surface area contributed by atoms with Crippen molar-refractivity contribution in [2.45, 2.75) is 13.0 Å². The number of para-hydroxylation sites is 1. The molecule has 0 bridgehead atoms. The largest absolute Gasteiger partial charge is 0.307 e. The van der Waals surface area contributed by atoms with Gasteiger partial charge in [0.25, 0.3) is 5.91 Å². The molecule has 1 unspecified atom stereocenters. The Labute approximate surface area is 126 Å². The van der Waals surface area contributed by atoms with Gasteiger partial charge < -0.3 is 9.80 Å². The van der Waals surface area contributed by atoms with Crippen LogP contribution in [0.4, 0.5) is 5.69 Å². The first-order valence-corrected chi connectivity index (χ1v) is 7.18. The summed E-state index contributed by atoms with van der Waals surface area (Å²) in [6, 6.07) is 19.4. The van der Waals surface area contributed by atoms with Crippen LogP contribution in [0.2, 0.25) is 0 Å². The Bertz CT molecular complexity index is 566. The summed E-state index contributed by atoms with van der Waals surface area (Å²) < 4.78 is 0. The standard InChI is InChI=1S/C18H22N2O/c1-15(14-19(2)3)20(17-12-8-5-9-13-17)18(21)16-10-6-4-7-11-16/h4-13,15H,14H2,1-3H3. The van der Waals surface area contributed by atoms with Gasteiger partial charge in [0.2, 0.25) is 0 Å². The van der Waals surface area contributed by atoms with Crippen molar-refractivity contribution in [3.05, 3.63) is 66.2 Å². The van der Waals surface area contributed by atoms with Crippen LogP contribution in [0.1, 0.15) is 17.3 Å². The van der Waals surface area contributed by atoms with Crippen molar-refractivity contribution >= 4 is 11.6 Å². The third-order valence-electron chi connectivity index (χ3n) is 3.34. The van der Waals surface area contributed by atoms with E-state index in [1.165, 1.54) is 0 Å². The highest BCUT2D eigenvalue weighted by Gasteiger charge is 2.23. The van der Waals surface area contributed by atoms with E-state index in [2.05, 4.69) is 11.8 Å². The van der Waals surface area contributed by atoms with Crippen LogP contribution < -0.4 is 4.90 Å². The van der Waals surface area contributed by atoms with E-state index in [0.29, 0.717) is 5.56 Å². The Balaban J connectivity index is 2.34. The second-order valence-electron chi connectivity index (χ2n) is 5.49. The van der Waals surface area contributed by atoms with E-state index in [-0.39, 0.29) is 11.9 Å². The quantitative estimate of drug-likeness (QED) is 0.840. The molecule has 2 rings (SSSR count). The molecule has 0 fully saturated rings. The minimum absolute atomic E-state index is 0.0381. The van der Waals surface area contributed by atoms with Crippen LogP contribution in [0.5, 0.6) is 0 Å². The number of carbonyl (C=O) groups excluding carboxylic acids is 1. The number of anilines is 1. The first kappa shape index (κ1) is 15.3. The van der Waals surface area contributed by atoms with Crippen molar-refractivity contribution in [3.63, 3.8) is 0 Å². The first-order chi connectivity index (χ1) is 10.1. The molecular weight excluding hydrogens is 260 g/mol. The molecule has 1 atom stereocenters. The van der Waals surface area contributed by atoms with Gasteiger partial charge in [-0.2, -0.15) is 0 Å². The van der Waals surface area contributed by atoms with E-state index in [1.54, 1.807) is 0 Å². The molecular formula is C18H22N2O. The molecule has 0 aromatic heterocycles. The molecule has 110 valence electrons. The highest BCUT2D eigenvalue weighted by molar-refractivity contribution is 6.06. The van der Waals surface area contributed by atoms with Crippen molar-refractivity contribution in [3.8, 4) is 0 Å². The summed E-state index contributed by atoms with van der Waals surface area (Å²) in [4.78, 5) is 16.8. The van der Waals surface area contributed by atoms with Gasteiger partial charge in [0.1, 0.15) is 0 Å². The number of nitrogens with zero attached hydrogens (tertiary/aromatic N) is 2. The molecule has 0 N–H and O–H groups in total. The van der Waals surface area contributed by atoms with E-state index >= 15 is 0 Å². The highest BCUT2D eigenvalue weighted by Crippen LogP contribution is 2.20. The maximum atomic E-state index is 12.9. The fourth-order valence-corrected chi connectivity index (χ4v) is 2.49. The van der Waals surface area contributed by atoms with Crippen LogP contribution in [0.15, 0.2) is 60.7 Å². The number of hydrogen-bond donors (Lipinski definition) is 0. The third-order valence-corrected chi connectivity index (χ3v) is 3.34. The van der Waals surface area contributed by atoms with Crippen molar-refractivity contribution in [2.75, 3.05) is 25.5 Å². The van der Waals surface area contributed by atoms with Crippen LogP contribution in [0.25, 0.3) is 0 Å². The molecule has 2 aromatic carbocycles. The number of carbonyl (C=O) groups is 1. The molecule has 0 aliphatic rings. The SMILES string of the molecule is CC(CN(C)C)N(C(=O)c1ccccc1)c1ccccc1. The summed E-state index contributed by atoms with van der Waals surface area (Å²) in [7, 11) is 4.04. The Morgan fingerprint density at radius 1 is 0.952 bits per heavy atom. The Morgan fingerprint density at radius 3 is 2.00 bits per heavy atom. The first-order valence-electron chi connectivity index (χ1n) is 7.18. The van der Waals surface area contributed by atoms with Gasteiger partial charge in [0, 0.05) is 23.8 Å². The molecule has 0 saturated carbocycles. The van der Waals surface area contributed by atoms with Crippen molar-refractivity contribution in [1.82, 2.24) is 4.90 Å². The molecule has 0 radical (unpaired) electrons. The lowest BCUT2D eigenvalue weighted by Gasteiger charge is -2.31. The van der Waals surface area contributed by atoms with Gasteiger partial charge in [0.05, 0.1) is 0 Å². The maximum absolute atomic E-state index is 12.9. The fraction of sp³-hybridized carbons (Fsp3) is 0.278. The Hall–Kier alpha value is -2.13. The molecule has 3 heteroatoms. The molecule has 0 spiro atoms. The van der Waals surface area contributed by atoms with Crippen molar-refractivity contribution in [1.29, 1.82) is 0 Å². The van der Waals surface area contributed by atoms with Gasteiger partial charge in [-0.1, -0.05) is 36.4 Å². The lowest BCUT2D eigenvalue weighted by atomic mass is 10.1. The van der Waals surface area contributed by atoms with Crippen LogP contribution in [0.3, 0.4) is 0 Å². The van der Waals surface area contributed by atoms with Gasteiger partial charge >= 0.3 is 0 Å². The van der Waals surface area contributed by atoms with Gasteiger partial charge in [-0.3, -0.25) is 4.79 Å². The number of rotatable bonds is 5. The fourth-order valence-electron chi connectivity index (χ4n) is 2.49. The topological polar surface area (TPSA) is 23.6 Å². The normalized spacial score (nSPS) is 12.2. The van der Waals surface area contributed by atoms with Crippen molar-refractivity contribution < 1.29 is 4.79 Å². The van der Waals surface area contributed by atoms with Gasteiger partial charge in [-0.15, -0.1) is 0 Å². The number of benzene rings is 2. The lowest BCUT2D eigenvalue weighted by molar-refractivity contribution is 0.0974. The summed E-state index contributed by atoms with van der Waals surface area (Å²) in [5, 5.41) is 0. The van der Waals surface area contributed by atoms with E-state index in [9.17, 15) is 4.79 Å². The predicted molar refractivity (Wildman–Crippen MR) is 87.7 cm³/mol. The molecule has 3 nitrogen and oxygen atoms in total. The molecule has 1 amide bonds. The van der Waals surface area contributed by atoms with E-state index in [1.807, 2.05) is 79.7 Å². The average Bonchev–Trinajstić information content (AvgIpc) is 2.48. The lowest BCUT2D eigenvalue weighted by Crippen LogP contribution is -2.44. The monoisotopic (exact) mass is 282 g/mol. The Morgan fingerprint density at radius 2 is 1.48 bits per heavy atom. The van der Waals surface area contributed by atoms with Crippen LogP contribution in [0, 0.1) is 0 Å². The number of likely N-dealkylation sites (N-methyl/N-ethyl adjacent to an activating group) is 1. The molecule has 0 aliphatic carbocycles. The van der Waals surface area contributed by atoms with Crippen LogP contribution in [-0.2, 0) is 0 Å². The van der Waals surface area contributed by atoms with Crippen molar-refractivity contribution in [2.24, 2.45) is 0 Å². The van der Waals surface area contributed by atoms with Gasteiger partial charge in [-0.05, 0) is 45.3 Å². The second-order valence-corrected chi connectivity index (χ2v) is 5.49. The predicted octanol–water partition coefficient (Wildman–Crippen LogP) is 3.28. The summed E-state index contributed by atoms with van der Waals surface area (Å²) in [6.45, 7) is 2.89. The zero-order chi connectivity index (χ0) is 15.2. The van der Waals surface area contributed by atoms with Crippen LogP contribution in [-0.4, -0.2) is 37.5 Å². The number of amides is 1. The zero-order valence-corrected chi connectivity index (χ0v) is 12.9. The molecule has 2 aromatic rings. The minimum Gasteiger partial charge on any atom is -0.307 e. The van der Waals surface area contributed by atoms with E-state index in [4.69, 9.17) is 0 Å². The summed E-state index contributed by atoms with van der Waals surface area (Å²) >= 11 is 0. The summed E-state index contributed by atoms with van der Waals surface area (Å²) in [6.07, 6.45) is 0. The Kier molecular flexibility index (Phi) is 5.12. The van der Waals surface area contributed by atoms with Gasteiger partial charge in [-0.25, -0.2) is 0 Å². The molecule has 0 aliphatic heterocycles. The average molecular weight is 282 g/mol.